The third-order valence-electron chi connectivity index (χ3n) is 2.67. The first-order chi connectivity index (χ1) is 6.38. The molecule has 4 heteroatoms. The smallest absolute Gasteiger partial charge is 0.0928 e. The zero-order valence-electron chi connectivity index (χ0n) is 7.65. The van der Waals surface area contributed by atoms with Crippen LogP contribution in [0.4, 0.5) is 0 Å². The van der Waals surface area contributed by atoms with Gasteiger partial charge in [-0.05, 0) is 6.42 Å². The third-order valence-corrected chi connectivity index (χ3v) is 3.69. The van der Waals surface area contributed by atoms with E-state index in [0.717, 1.165) is 31.1 Å². The monoisotopic (exact) mass is 204 g/mol. The summed E-state index contributed by atoms with van der Waals surface area (Å²) in [7, 11) is 0. The van der Waals surface area contributed by atoms with Gasteiger partial charge < -0.3 is 14.6 Å². The van der Waals surface area contributed by atoms with Crippen LogP contribution < -0.4 is 0 Å². The van der Waals surface area contributed by atoms with Crippen molar-refractivity contribution >= 4 is 11.8 Å². The lowest BCUT2D eigenvalue weighted by Crippen LogP contribution is -2.40. The Labute approximate surface area is 82.8 Å². The summed E-state index contributed by atoms with van der Waals surface area (Å²) in [6.45, 7) is 2.27. The summed E-state index contributed by atoms with van der Waals surface area (Å²) < 4.78 is 10.8. The van der Waals surface area contributed by atoms with E-state index >= 15 is 0 Å². The topological polar surface area (TPSA) is 38.7 Å². The second-order valence-corrected chi connectivity index (χ2v) is 4.75. The first-order valence-electron chi connectivity index (χ1n) is 4.83. The predicted octanol–water partition coefficient (Wildman–Crippen LogP) is 0.516. The van der Waals surface area contributed by atoms with Crippen molar-refractivity contribution < 1.29 is 14.6 Å². The molecule has 0 bridgehead atoms. The maximum absolute atomic E-state index is 9.96. The van der Waals surface area contributed by atoms with Gasteiger partial charge in [0, 0.05) is 24.0 Å². The van der Waals surface area contributed by atoms with Crippen LogP contribution >= 0.6 is 11.8 Å². The second kappa shape index (κ2) is 4.64. The predicted molar refractivity (Wildman–Crippen MR) is 52.0 cm³/mol. The van der Waals surface area contributed by atoms with E-state index in [2.05, 4.69) is 0 Å². The van der Waals surface area contributed by atoms with Crippen molar-refractivity contribution in [3.8, 4) is 0 Å². The lowest BCUT2D eigenvalue weighted by molar-refractivity contribution is -0.0491. The van der Waals surface area contributed by atoms with E-state index in [1.165, 1.54) is 0 Å². The van der Waals surface area contributed by atoms with Crippen LogP contribution in [-0.2, 0) is 9.47 Å². The second-order valence-electron chi connectivity index (χ2n) is 3.60. The zero-order chi connectivity index (χ0) is 9.10. The molecule has 0 aromatic rings. The Hall–Kier alpha value is 0.230. The first-order valence-corrected chi connectivity index (χ1v) is 5.98. The molecule has 0 radical (unpaired) electrons. The van der Waals surface area contributed by atoms with Crippen LogP contribution in [0, 0.1) is 5.92 Å². The molecule has 2 aliphatic heterocycles. The molecule has 3 unspecified atom stereocenters. The molecule has 0 aromatic carbocycles. The minimum Gasteiger partial charge on any atom is -0.390 e. The van der Waals surface area contributed by atoms with Gasteiger partial charge >= 0.3 is 0 Å². The highest BCUT2D eigenvalue weighted by Gasteiger charge is 2.32. The molecule has 13 heavy (non-hydrogen) atoms. The quantitative estimate of drug-likeness (QED) is 0.711. The fourth-order valence-electron chi connectivity index (χ4n) is 1.83. The van der Waals surface area contributed by atoms with Gasteiger partial charge in [-0.3, -0.25) is 0 Å². The molecule has 0 aliphatic carbocycles. The highest BCUT2D eigenvalue weighted by Crippen LogP contribution is 2.24. The molecule has 2 rings (SSSR count). The largest absolute Gasteiger partial charge is 0.390 e. The summed E-state index contributed by atoms with van der Waals surface area (Å²) in [6.07, 6.45) is 0.687. The van der Waals surface area contributed by atoms with Crippen LogP contribution in [0.1, 0.15) is 6.42 Å². The Kier molecular flexibility index (Phi) is 3.49. The van der Waals surface area contributed by atoms with Gasteiger partial charge in [0.1, 0.15) is 0 Å². The van der Waals surface area contributed by atoms with E-state index in [1.807, 2.05) is 11.8 Å². The Morgan fingerprint density at radius 1 is 1.38 bits per heavy atom. The number of hydrogen-bond acceptors (Lipinski definition) is 4. The summed E-state index contributed by atoms with van der Waals surface area (Å²) in [5.41, 5.74) is 0. The van der Waals surface area contributed by atoms with Crippen molar-refractivity contribution in [2.45, 2.75) is 18.6 Å². The van der Waals surface area contributed by atoms with Gasteiger partial charge in [0.25, 0.3) is 0 Å². The number of hydrogen-bond donors (Lipinski definition) is 1. The van der Waals surface area contributed by atoms with Crippen LogP contribution in [-0.4, -0.2) is 48.6 Å². The standard InChI is InChI=1S/C9H16O3S/c10-9(7-1-2-11-5-7)8-6-13-4-3-12-8/h7-10H,1-6H2. The lowest BCUT2D eigenvalue weighted by atomic mass is 9.98. The fourth-order valence-corrected chi connectivity index (χ4v) is 2.74. The maximum atomic E-state index is 9.96. The van der Waals surface area contributed by atoms with Crippen molar-refractivity contribution in [2.75, 3.05) is 31.3 Å². The molecular formula is C9H16O3S. The lowest BCUT2D eigenvalue weighted by Gasteiger charge is -2.29. The number of thioether (sulfide) groups is 1. The molecule has 0 aromatic heterocycles. The summed E-state index contributed by atoms with van der Waals surface area (Å²) in [5, 5.41) is 9.96. The Morgan fingerprint density at radius 2 is 2.31 bits per heavy atom. The fraction of sp³-hybridized carbons (Fsp3) is 1.00. The molecule has 2 aliphatic rings. The van der Waals surface area contributed by atoms with Crippen molar-refractivity contribution in [1.29, 1.82) is 0 Å². The van der Waals surface area contributed by atoms with E-state index in [1.54, 1.807) is 0 Å². The van der Waals surface area contributed by atoms with Gasteiger partial charge in [0.15, 0.2) is 0 Å². The van der Waals surface area contributed by atoms with Crippen molar-refractivity contribution in [3.63, 3.8) is 0 Å². The van der Waals surface area contributed by atoms with E-state index in [-0.39, 0.29) is 12.2 Å². The Morgan fingerprint density at radius 3 is 2.92 bits per heavy atom. The average molecular weight is 204 g/mol. The molecule has 3 atom stereocenters. The summed E-state index contributed by atoms with van der Waals surface area (Å²) in [5.74, 6) is 2.28. The number of rotatable bonds is 2. The molecule has 1 N–H and O–H groups in total. The van der Waals surface area contributed by atoms with Gasteiger partial charge in [0.05, 0.1) is 25.4 Å². The van der Waals surface area contributed by atoms with Crippen LogP contribution in [0.2, 0.25) is 0 Å². The van der Waals surface area contributed by atoms with Crippen molar-refractivity contribution in [3.05, 3.63) is 0 Å². The molecule has 76 valence electrons. The van der Waals surface area contributed by atoms with E-state index < -0.39 is 0 Å². The minimum absolute atomic E-state index is 0.0328. The molecule has 2 saturated heterocycles. The van der Waals surface area contributed by atoms with Crippen LogP contribution in [0.5, 0.6) is 0 Å². The molecule has 3 nitrogen and oxygen atoms in total. The van der Waals surface area contributed by atoms with Crippen LogP contribution in [0.15, 0.2) is 0 Å². The molecular weight excluding hydrogens is 188 g/mol. The highest BCUT2D eigenvalue weighted by atomic mass is 32.2. The van der Waals surface area contributed by atoms with Gasteiger partial charge in [-0.25, -0.2) is 0 Å². The Balaban J connectivity index is 1.83. The van der Waals surface area contributed by atoms with E-state index in [0.29, 0.717) is 12.5 Å². The van der Waals surface area contributed by atoms with Crippen LogP contribution in [0.3, 0.4) is 0 Å². The van der Waals surface area contributed by atoms with Gasteiger partial charge in [-0.2, -0.15) is 11.8 Å². The number of aliphatic hydroxyl groups excluding tert-OH is 1. The van der Waals surface area contributed by atoms with Crippen molar-refractivity contribution in [1.82, 2.24) is 0 Å². The SMILES string of the molecule is OC(C1CCOC1)C1CSCCO1. The molecule has 2 fully saturated rings. The maximum Gasteiger partial charge on any atom is 0.0928 e. The van der Waals surface area contributed by atoms with Crippen LogP contribution in [0.25, 0.3) is 0 Å². The molecule has 0 amide bonds. The summed E-state index contributed by atoms with van der Waals surface area (Å²) >= 11 is 1.86. The van der Waals surface area contributed by atoms with Crippen molar-refractivity contribution in [2.24, 2.45) is 5.92 Å². The van der Waals surface area contributed by atoms with Gasteiger partial charge in [0.2, 0.25) is 0 Å². The first kappa shape index (κ1) is 9.77. The summed E-state index contributed by atoms with van der Waals surface area (Å²) in [4.78, 5) is 0. The minimum atomic E-state index is -0.324. The van der Waals surface area contributed by atoms with Gasteiger partial charge in [-0.15, -0.1) is 0 Å². The molecule has 0 saturated carbocycles. The van der Waals surface area contributed by atoms with E-state index in [4.69, 9.17) is 9.47 Å². The van der Waals surface area contributed by atoms with E-state index in [9.17, 15) is 5.11 Å². The highest BCUT2D eigenvalue weighted by molar-refractivity contribution is 7.99. The number of ether oxygens (including phenoxy) is 2. The molecule has 2 heterocycles. The Bertz CT molecular complexity index is 153. The summed E-state index contributed by atoms with van der Waals surface area (Å²) in [6, 6.07) is 0. The number of aliphatic hydroxyl groups is 1. The normalized spacial score (nSPS) is 37.6. The zero-order valence-corrected chi connectivity index (χ0v) is 8.46. The molecule has 0 spiro atoms. The van der Waals surface area contributed by atoms with Gasteiger partial charge in [-0.1, -0.05) is 0 Å². The average Bonchev–Trinajstić information content (AvgIpc) is 2.71. The third kappa shape index (κ3) is 2.37.